The number of piperazine rings is 1. The van der Waals surface area contributed by atoms with E-state index in [1.807, 2.05) is 6.07 Å². The van der Waals surface area contributed by atoms with Gasteiger partial charge in [0, 0.05) is 38.9 Å². The summed E-state index contributed by atoms with van der Waals surface area (Å²) in [6, 6.07) is 12.6. The average molecular weight is 303 g/mol. The van der Waals surface area contributed by atoms with E-state index in [1.165, 1.54) is 5.56 Å². The van der Waals surface area contributed by atoms with Crippen LogP contribution < -0.4 is 4.90 Å². The predicted molar refractivity (Wildman–Crippen MR) is 85.8 cm³/mol. The van der Waals surface area contributed by atoms with Gasteiger partial charge in [0.05, 0.1) is 0 Å². The van der Waals surface area contributed by atoms with Crippen molar-refractivity contribution in [1.82, 2.24) is 14.9 Å². The second kappa shape index (κ2) is 6.87. The van der Waals surface area contributed by atoms with Gasteiger partial charge in [0.1, 0.15) is 5.82 Å². The minimum absolute atomic E-state index is 0.319. The molecule has 0 N–H and O–H groups in total. The van der Waals surface area contributed by atoms with Crippen LogP contribution >= 0.6 is 11.6 Å². The minimum atomic E-state index is 0.319. The number of benzene rings is 1. The molecule has 4 nitrogen and oxygen atoms in total. The zero-order valence-corrected chi connectivity index (χ0v) is 12.7. The number of aromatic nitrogens is 2. The van der Waals surface area contributed by atoms with Crippen molar-refractivity contribution in [2.45, 2.75) is 6.42 Å². The molecule has 0 spiro atoms. The average Bonchev–Trinajstić information content (AvgIpc) is 2.54. The lowest BCUT2D eigenvalue weighted by Crippen LogP contribution is -2.47. The Morgan fingerprint density at radius 2 is 1.76 bits per heavy atom. The zero-order chi connectivity index (χ0) is 14.5. The summed E-state index contributed by atoms with van der Waals surface area (Å²) in [6.45, 7) is 5.22. The number of nitrogens with zero attached hydrogens (tertiary/aromatic N) is 4. The van der Waals surface area contributed by atoms with Crippen LogP contribution in [0.3, 0.4) is 0 Å². The van der Waals surface area contributed by atoms with Crippen LogP contribution in [0.5, 0.6) is 0 Å². The molecular weight excluding hydrogens is 284 g/mol. The van der Waals surface area contributed by atoms with Gasteiger partial charge in [0.2, 0.25) is 5.28 Å². The van der Waals surface area contributed by atoms with Crippen LogP contribution in [0.1, 0.15) is 5.56 Å². The molecule has 1 aromatic carbocycles. The first-order chi connectivity index (χ1) is 10.3. The maximum absolute atomic E-state index is 5.85. The molecule has 1 aliphatic heterocycles. The van der Waals surface area contributed by atoms with Gasteiger partial charge in [-0.2, -0.15) is 0 Å². The van der Waals surface area contributed by atoms with Gasteiger partial charge < -0.3 is 4.90 Å². The molecule has 110 valence electrons. The summed E-state index contributed by atoms with van der Waals surface area (Å²) < 4.78 is 0. The molecule has 0 aliphatic carbocycles. The van der Waals surface area contributed by atoms with Crippen LogP contribution in [0.15, 0.2) is 42.6 Å². The van der Waals surface area contributed by atoms with E-state index < -0.39 is 0 Å². The van der Waals surface area contributed by atoms with Crippen molar-refractivity contribution < 1.29 is 0 Å². The maximum Gasteiger partial charge on any atom is 0.224 e. The minimum Gasteiger partial charge on any atom is -0.354 e. The Kier molecular flexibility index (Phi) is 4.68. The third-order valence-corrected chi connectivity index (χ3v) is 4.05. The van der Waals surface area contributed by atoms with Crippen LogP contribution in [0.2, 0.25) is 5.28 Å². The molecule has 21 heavy (non-hydrogen) atoms. The standard InChI is InChI=1S/C16H19ClN4/c17-16-18-8-6-15(19-16)21-12-10-20(11-13-21)9-7-14-4-2-1-3-5-14/h1-6,8H,7,9-13H2. The highest BCUT2D eigenvalue weighted by atomic mass is 35.5. The molecule has 0 atom stereocenters. The molecular formula is C16H19ClN4. The van der Waals surface area contributed by atoms with Crippen LogP contribution in [-0.2, 0) is 6.42 Å². The Balaban J connectivity index is 1.49. The van der Waals surface area contributed by atoms with Gasteiger partial charge in [-0.05, 0) is 29.7 Å². The van der Waals surface area contributed by atoms with E-state index in [9.17, 15) is 0 Å². The van der Waals surface area contributed by atoms with E-state index in [1.54, 1.807) is 6.20 Å². The Labute approximate surface area is 130 Å². The third-order valence-electron chi connectivity index (χ3n) is 3.87. The predicted octanol–water partition coefficient (Wildman–Crippen LogP) is 2.49. The molecule has 2 aromatic rings. The normalized spacial score (nSPS) is 16.1. The second-order valence-electron chi connectivity index (χ2n) is 5.25. The van der Waals surface area contributed by atoms with Gasteiger partial charge in [-0.3, -0.25) is 4.90 Å². The molecule has 1 aliphatic rings. The van der Waals surface area contributed by atoms with Crippen molar-refractivity contribution in [1.29, 1.82) is 0 Å². The molecule has 3 rings (SSSR count). The van der Waals surface area contributed by atoms with E-state index in [2.05, 4.69) is 50.1 Å². The quantitative estimate of drug-likeness (QED) is 0.812. The van der Waals surface area contributed by atoms with Gasteiger partial charge in [-0.1, -0.05) is 30.3 Å². The fourth-order valence-electron chi connectivity index (χ4n) is 2.63. The van der Waals surface area contributed by atoms with Crippen molar-refractivity contribution in [3.63, 3.8) is 0 Å². The number of hydrogen-bond donors (Lipinski definition) is 0. The molecule has 0 saturated carbocycles. The molecule has 0 radical (unpaired) electrons. The molecule has 1 aromatic heterocycles. The summed E-state index contributed by atoms with van der Waals surface area (Å²) in [5, 5.41) is 0.319. The Morgan fingerprint density at radius 3 is 2.48 bits per heavy atom. The van der Waals surface area contributed by atoms with Crippen molar-refractivity contribution in [2.75, 3.05) is 37.6 Å². The van der Waals surface area contributed by atoms with Crippen molar-refractivity contribution >= 4 is 17.4 Å². The SMILES string of the molecule is Clc1nccc(N2CCN(CCc3ccccc3)CC2)n1. The molecule has 0 amide bonds. The van der Waals surface area contributed by atoms with Crippen LogP contribution in [0.4, 0.5) is 5.82 Å². The van der Waals surface area contributed by atoms with Crippen molar-refractivity contribution in [2.24, 2.45) is 0 Å². The number of anilines is 1. The van der Waals surface area contributed by atoms with Crippen molar-refractivity contribution in [3.05, 3.63) is 53.4 Å². The van der Waals surface area contributed by atoms with Crippen LogP contribution in [-0.4, -0.2) is 47.6 Å². The van der Waals surface area contributed by atoms with Gasteiger partial charge in [0.25, 0.3) is 0 Å². The summed E-state index contributed by atoms with van der Waals surface area (Å²) in [5.74, 6) is 0.928. The zero-order valence-electron chi connectivity index (χ0n) is 12.0. The fourth-order valence-corrected chi connectivity index (χ4v) is 2.78. The summed E-state index contributed by atoms with van der Waals surface area (Å²) in [4.78, 5) is 13.0. The van der Waals surface area contributed by atoms with Gasteiger partial charge >= 0.3 is 0 Å². The molecule has 0 bridgehead atoms. The molecule has 2 heterocycles. The second-order valence-corrected chi connectivity index (χ2v) is 5.59. The lowest BCUT2D eigenvalue weighted by atomic mass is 10.1. The van der Waals surface area contributed by atoms with Gasteiger partial charge in [-0.15, -0.1) is 0 Å². The lowest BCUT2D eigenvalue weighted by Gasteiger charge is -2.35. The van der Waals surface area contributed by atoms with E-state index in [-0.39, 0.29) is 0 Å². The topological polar surface area (TPSA) is 32.3 Å². The van der Waals surface area contributed by atoms with E-state index in [0.717, 1.165) is 45.0 Å². The van der Waals surface area contributed by atoms with Gasteiger partial charge in [0.15, 0.2) is 0 Å². The molecule has 0 unspecified atom stereocenters. The Hall–Kier alpha value is -1.65. The lowest BCUT2D eigenvalue weighted by molar-refractivity contribution is 0.260. The Morgan fingerprint density at radius 1 is 1.00 bits per heavy atom. The van der Waals surface area contributed by atoms with E-state index in [4.69, 9.17) is 11.6 Å². The third kappa shape index (κ3) is 3.93. The maximum atomic E-state index is 5.85. The molecule has 1 fully saturated rings. The first-order valence-electron chi connectivity index (χ1n) is 7.31. The highest BCUT2D eigenvalue weighted by Gasteiger charge is 2.17. The van der Waals surface area contributed by atoms with Crippen LogP contribution in [0, 0.1) is 0 Å². The Bertz CT molecular complexity index is 567. The largest absolute Gasteiger partial charge is 0.354 e. The monoisotopic (exact) mass is 302 g/mol. The summed E-state index contributed by atoms with van der Waals surface area (Å²) in [5.41, 5.74) is 1.41. The van der Waals surface area contributed by atoms with Crippen molar-refractivity contribution in [3.8, 4) is 0 Å². The number of hydrogen-bond acceptors (Lipinski definition) is 4. The molecule has 5 heteroatoms. The fraction of sp³-hybridized carbons (Fsp3) is 0.375. The highest BCUT2D eigenvalue weighted by Crippen LogP contribution is 2.15. The number of rotatable bonds is 4. The molecule has 1 saturated heterocycles. The van der Waals surface area contributed by atoms with E-state index >= 15 is 0 Å². The smallest absolute Gasteiger partial charge is 0.224 e. The summed E-state index contributed by atoms with van der Waals surface area (Å²) in [7, 11) is 0. The number of halogens is 1. The van der Waals surface area contributed by atoms with Gasteiger partial charge in [-0.25, -0.2) is 9.97 Å². The highest BCUT2D eigenvalue weighted by molar-refractivity contribution is 6.28. The summed E-state index contributed by atoms with van der Waals surface area (Å²) in [6.07, 6.45) is 2.83. The first-order valence-corrected chi connectivity index (χ1v) is 7.69. The first kappa shape index (κ1) is 14.3. The van der Waals surface area contributed by atoms with E-state index in [0.29, 0.717) is 5.28 Å². The van der Waals surface area contributed by atoms with Crippen LogP contribution in [0.25, 0.3) is 0 Å². The summed E-state index contributed by atoms with van der Waals surface area (Å²) >= 11 is 5.85.